The smallest absolute Gasteiger partial charge is 0.356 e. The molecule has 0 spiro atoms. The Balaban J connectivity index is 2.56. The number of amides is 1. The number of hydrogen-bond acceptors (Lipinski definition) is 3. The molecule has 0 aromatic carbocycles. The number of carbonyl (C=O) groups is 1. The summed E-state index contributed by atoms with van der Waals surface area (Å²) in [6.45, 7) is 9.24. The van der Waals surface area contributed by atoms with Gasteiger partial charge in [-0.2, -0.15) is 13.2 Å². The minimum atomic E-state index is -4.21. The Morgan fingerprint density at radius 3 is 2.16 bits per heavy atom. The number of halogens is 3. The zero-order valence-corrected chi connectivity index (χ0v) is 15.7. The topological polar surface area (TPSA) is 60.0 Å². The highest BCUT2D eigenvalue weighted by Crippen LogP contribution is 2.25. The number of guanidine groups is 1. The van der Waals surface area contributed by atoms with Crippen LogP contribution in [0.2, 0.25) is 0 Å². The highest BCUT2D eigenvalue weighted by Gasteiger charge is 2.41. The minimum absolute atomic E-state index is 0.0539. The van der Waals surface area contributed by atoms with E-state index in [1.54, 1.807) is 7.05 Å². The molecule has 6 nitrogen and oxygen atoms in total. The van der Waals surface area contributed by atoms with Crippen LogP contribution in [0.4, 0.5) is 13.2 Å². The van der Waals surface area contributed by atoms with Crippen LogP contribution in [0, 0.1) is 5.41 Å². The first kappa shape index (κ1) is 21.5. The summed E-state index contributed by atoms with van der Waals surface area (Å²) in [6.07, 6.45) is -4.21. The van der Waals surface area contributed by atoms with Gasteiger partial charge in [0.05, 0.1) is 5.41 Å². The van der Waals surface area contributed by atoms with Crippen molar-refractivity contribution in [3.63, 3.8) is 0 Å². The van der Waals surface area contributed by atoms with E-state index in [0.717, 1.165) is 0 Å². The SMILES string of the molecule is CCNC(=O)C(C)(C)CNC(=NC)N1CCN(C(C)C(F)(F)F)CC1. The van der Waals surface area contributed by atoms with Crippen molar-refractivity contribution in [1.82, 2.24) is 20.4 Å². The lowest BCUT2D eigenvalue weighted by Crippen LogP contribution is -2.57. The molecule has 0 radical (unpaired) electrons. The van der Waals surface area contributed by atoms with Crippen LogP contribution in [0.1, 0.15) is 27.7 Å². The van der Waals surface area contributed by atoms with E-state index >= 15 is 0 Å². The summed E-state index contributed by atoms with van der Waals surface area (Å²) in [7, 11) is 1.63. The van der Waals surface area contributed by atoms with Crippen molar-refractivity contribution in [2.75, 3.05) is 46.3 Å². The lowest BCUT2D eigenvalue weighted by atomic mass is 9.92. The second-order valence-electron chi connectivity index (χ2n) is 6.88. The zero-order valence-electron chi connectivity index (χ0n) is 15.7. The van der Waals surface area contributed by atoms with E-state index in [0.29, 0.717) is 45.2 Å². The van der Waals surface area contributed by atoms with E-state index in [9.17, 15) is 18.0 Å². The quantitative estimate of drug-likeness (QED) is 0.569. The van der Waals surface area contributed by atoms with Crippen LogP contribution in [0.25, 0.3) is 0 Å². The largest absolute Gasteiger partial charge is 0.403 e. The van der Waals surface area contributed by atoms with Crippen molar-refractivity contribution in [2.45, 2.75) is 39.9 Å². The third-order valence-electron chi connectivity index (χ3n) is 4.49. The summed E-state index contributed by atoms with van der Waals surface area (Å²) >= 11 is 0. The van der Waals surface area contributed by atoms with E-state index in [4.69, 9.17) is 0 Å². The van der Waals surface area contributed by atoms with Gasteiger partial charge in [0, 0.05) is 46.3 Å². The van der Waals surface area contributed by atoms with Gasteiger partial charge in [0.15, 0.2) is 5.96 Å². The van der Waals surface area contributed by atoms with Crippen molar-refractivity contribution in [2.24, 2.45) is 10.4 Å². The van der Waals surface area contributed by atoms with E-state index in [-0.39, 0.29) is 5.91 Å². The molecule has 1 aliphatic heterocycles. The fourth-order valence-electron chi connectivity index (χ4n) is 2.64. The molecule has 25 heavy (non-hydrogen) atoms. The number of nitrogens with zero attached hydrogens (tertiary/aromatic N) is 3. The second kappa shape index (κ2) is 8.73. The third-order valence-corrected chi connectivity index (χ3v) is 4.49. The molecule has 1 atom stereocenters. The Bertz CT molecular complexity index is 471. The molecule has 1 heterocycles. The average Bonchev–Trinajstić information content (AvgIpc) is 2.54. The average molecular weight is 365 g/mol. The number of nitrogens with one attached hydrogen (secondary N) is 2. The molecule has 146 valence electrons. The van der Waals surface area contributed by atoms with E-state index in [1.807, 2.05) is 25.7 Å². The first-order chi connectivity index (χ1) is 11.5. The predicted molar refractivity (Wildman–Crippen MR) is 92.5 cm³/mol. The van der Waals surface area contributed by atoms with Gasteiger partial charge in [-0.3, -0.25) is 14.7 Å². The summed E-state index contributed by atoms with van der Waals surface area (Å²) in [5.74, 6) is 0.554. The number of aliphatic imine (C=N–C) groups is 1. The molecule has 9 heteroatoms. The second-order valence-corrected chi connectivity index (χ2v) is 6.88. The molecular formula is C16H30F3N5O. The lowest BCUT2D eigenvalue weighted by Gasteiger charge is -2.40. The van der Waals surface area contributed by atoms with Gasteiger partial charge >= 0.3 is 6.18 Å². The molecule has 0 aromatic rings. The molecule has 0 aliphatic carbocycles. The fourth-order valence-corrected chi connectivity index (χ4v) is 2.64. The number of carbonyl (C=O) groups excluding carboxylic acids is 1. The lowest BCUT2D eigenvalue weighted by molar-refractivity contribution is -0.181. The standard InChI is InChI=1S/C16H30F3N5O/c1-6-21-13(25)15(3,4)11-22-14(20-5)24-9-7-23(8-10-24)12(2)16(17,18)19/h12H,6-11H2,1-5H3,(H,20,22)(H,21,25). The molecule has 1 aliphatic rings. The molecular weight excluding hydrogens is 335 g/mol. The van der Waals surface area contributed by atoms with Gasteiger partial charge in [0.2, 0.25) is 5.91 Å². The highest BCUT2D eigenvalue weighted by molar-refractivity contribution is 5.84. The van der Waals surface area contributed by atoms with E-state index in [1.165, 1.54) is 11.8 Å². The van der Waals surface area contributed by atoms with Gasteiger partial charge in [-0.25, -0.2) is 0 Å². The van der Waals surface area contributed by atoms with Crippen LogP contribution in [0.15, 0.2) is 4.99 Å². The Hall–Kier alpha value is -1.51. The molecule has 1 amide bonds. The van der Waals surface area contributed by atoms with Gasteiger partial charge < -0.3 is 15.5 Å². The molecule has 0 bridgehead atoms. The Morgan fingerprint density at radius 2 is 1.72 bits per heavy atom. The Kier molecular flexibility index (Phi) is 7.52. The normalized spacial score (nSPS) is 18.9. The number of hydrogen-bond donors (Lipinski definition) is 2. The Labute approximate surface area is 147 Å². The summed E-state index contributed by atoms with van der Waals surface area (Å²) in [6, 6.07) is -1.44. The van der Waals surface area contributed by atoms with Gasteiger partial charge in [-0.15, -0.1) is 0 Å². The van der Waals surface area contributed by atoms with Crippen LogP contribution < -0.4 is 10.6 Å². The molecule has 0 aromatic heterocycles. The van der Waals surface area contributed by atoms with Crippen molar-refractivity contribution in [1.29, 1.82) is 0 Å². The van der Waals surface area contributed by atoms with Crippen LogP contribution in [0.3, 0.4) is 0 Å². The fraction of sp³-hybridized carbons (Fsp3) is 0.875. The van der Waals surface area contributed by atoms with Gasteiger partial charge in [0.1, 0.15) is 6.04 Å². The minimum Gasteiger partial charge on any atom is -0.356 e. The summed E-state index contributed by atoms with van der Waals surface area (Å²) < 4.78 is 38.5. The number of piperazine rings is 1. The first-order valence-electron chi connectivity index (χ1n) is 8.57. The van der Waals surface area contributed by atoms with Crippen LogP contribution in [-0.2, 0) is 4.79 Å². The maximum absolute atomic E-state index is 12.8. The van der Waals surface area contributed by atoms with Crippen LogP contribution >= 0.6 is 0 Å². The van der Waals surface area contributed by atoms with Crippen molar-refractivity contribution in [3.8, 4) is 0 Å². The monoisotopic (exact) mass is 365 g/mol. The number of alkyl halides is 3. The van der Waals surface area contributed by atoms with Crippen molar-refractivity contribution < 1.29 is 18.0 Å². The molecule has 1 rings (SSSR count). The molecule has 1 fully saturated rings. The molecule has 1 unspecified atom stereocenters. The molecule has 0 saturated carbocycles. The van der Waals surface area contributed by atoms with Crippen molar-refractivity contribution >= 4 is 11.9 Å². The summed E-state index contributed by atoms with van der Waals surface area (Å²) in [5.41, 5.74) is -0.613. The predicted octanol–water partition coefficient (Wildman–Crippen LogP) is 1.29. The van der Waals surface area contributed by atoms with Crippen molar-refractivity contribution in [3.05, 3.63) is 0 Å². The van der Waals surface area contributed by atoms with E-state index in [2.05, 4.69) is 15.6 Å². The number of rotatable bonds is 5. The summed E-state index contributed by atoms with van der Waals surface area (Å²) in [4.78, 5) is 19.6. The third kappa shape index (κ3) is 6.05. The van der Waals surface area contributed by atoms with Gasteiger partial charge in [-0.1, -0.05) is 0 Å². The maximum Gasteiger partial charge on any atom is 0.403 e. The maximum atomic E-state index is 12.8. The van der Waals surface area contributed by atoms with Gasteiger partial charge in [0.25, 0.3) is 0 Å². The summed E-state index contributed by atoms with van der Waals surface area (Å²) in [5, 5.41) is 5.96. The molecule has 2 N–H and O–H groups in total. The zero-order chi connectivity index (χ0) is 19.3. The van der Waals surface area contributed by atoms with E-state index < -0.39 is 17.6 Å². The van der Waals surface area contributed by atoms with Crippen LogP contribution in [0.5, 0.6) is 0 Å². The first-order valence-corrected chi connectivity index (χ1v) is 8.57. The molecule has 1 saturated heterocycles. The van der Waals surface area contributed by atoms with Crippen LogP contribution in [-0.4, -0.2) is 80.2 Å². The highest BCUT2D eigenvalue weighted by atomic mass is 19.4. The Morgan fingerprint density at radius 1 is 1.16 bits per heavy atom. The van der Waals surface area contributed by atoms with Gasteiger partial charge in [-0.05, 0) is 27.7 Å².